The van der Waals surface area contributed by atoms with Crippen molar-refractivity contribution in [2.24, 2.45) is 0 Å². The second kappa shape index (κ2) is 16.9. The predicted octanol–water partition coefficient (Wildman–Crippen LogP) is 6.08. The van der Waals surface area contributed by atoms with Crippen LogP contribution in [0.4, 0.5) is 5.69 Å². The van der Waals surface area contributed by atoms with E-state index in [1.54, 1.807) is 19.9 Å². The molecule has 1 aliphatic rings. The maximum absolute atomic E-state index is 14.0. The third-order valence-corrected chi connectivity index (χ3v) is 8.02. The van der Waals surface area contributed by atoms with E-state index in [2.05, 4.69) is 58.7 Å². The van der Waals surface area contributed by atoms with Crippen LogP contribution in [0.1, 0.15) is 62.6 Å². The Balaban J connectivity index is 0.00000384. The van der Waals surface area contributed by atoms with Crippen LogP contribution in [0.25, 0.3) is 0 Å². The van der Waals surface area contributed by atoms with Gasteiger partial charge in [-0.3, -0.25) is 10.1 Å². The van der Waals surface area contributed by atoms with Crippen molar-refractivity contribution in [2.75, 3.05) is 27.2 Å². The molecule has 0 aromatic heterocycles. The van der Waals surface area contributed by atoms with Crippen molar-refractivity contribution in [3.8, 4) is 0 Å². The zero-order chi connectivity index (χ0) is 32.7. The van der Waals surface area contributed by atoms with Crippen molar-refractivity contribution in [1.82, 2.24) is 10.2 Å². The van der Waals surface area contributed by atoms with Crippen LogP contribution in [-0.4, -0.2) is 60.1 Å². The van der Waals surface area contributed by atoms with Gasteiger partial charge in [0.05, 0.1) is 29.1 Å². The summed E-state index contributed by atoms with van der Waals surface area (Å²) in [5.74, 6) is -1.96. The van der Waals surface area contributed by atoms with Crippen LogP contribution in [-0.2, 0) is 19.1 Å². The number of dihydropyridines is 1. The molecule has 1 atom stereocenters. The number of hydrogen-bond donors (Lipinski definition) is 1. The standard InChI is InChI=1S/C36H41N3O6.ClH.H2O/c1-24-31(34(40)44-6)33(28-18-13-19-29(22-28)39(42)43)32(25(2)37-24)35(41)45-36(3,4)23-38(5)21-20-30(26-14-9-7-10-15-26)27-16-11-8-12-17-27;;/h7-19,22,30,33,37H,20-21,23H2,1-6H3;1H;1H2/t33-;;/m1../s1. The molecular weight excluding hydrogens is 622 g/mol. The number of esters is 2. The smallest absolute Gasteiger partial charge is 0.337 e. The maximum atomic E-state index is 14.0. The SMILES string of the molecule is COC(=O)C1=C(C)NC(C)=C(C(=O)OC(C)(C)CN(C)CCC(c2ccccc2)c2ccccc2)[C@@H]1c1cccc([N+](=O)[O-])c1.Cl.O. The number of carbonyl (C=O) groups excluding carboxylic acids is 2. The van der Waals surface area contributed by atoms with Gasteiger partial charge in [-0.2, -0.15) is 0 Å². The number of allylic oxidation sites excluding steroid dienone is 2. The third kappa shape index (κ3) is 9.51. The summed E-state index contributed by atoms with van der Waals surface area (Å²) in [5, 5.41) is 14.7. The number of methoxy groups -OCH3 is 1. The second-order valence-electron chi connectivity index (χ2n) is 12.0. The highest BCUT2D eigenvalue weighted by Gasteiger charge is 2.40. The summed E-state index contributed by atoms with van der Waals surface area (Å²) in [6.07, 6.45) is 0.865. The molecule has 0 radical (unpaired) electrons. The molecule has 11 heteroatoms. The second-order valence-corrected chi connectivity index (χ2v) is 12.0. The van der Waals surface area contributed by atoms with E-state index in [1.165, 1.54) is 36.4 Å². The van der Waals surface area contributed by atoms with Crippen molar-refractivity contribution in [1.29, 1.82) is 0 Å². The predicted molar refractivity (Wildman–Crippen MR) is 184 cm³/mol. The topological polar surface area (TPSA) is 143 Å². The Morgan fingerprint density at radius 3 is 1.96 bits per heavy atom. The maximum Gasteiger partial charge on any atom is 0.337 e. The summed E-state index contributed by atoms with van der Waals surface area (Å²) in [6.45, 7) is 8.34. The number of nitro benzene ring substituents is 1. The van der Waals surface area contributed by atoms with Crippen molar-refractivity contribution in [2.45, 2.75) is 51.6 Å². The van der Waals surface area contributed by atoms with Crippen LogP contribution in [0, 0.1) is 10.1 Å². The number of benzene rings is 3. The Kier molecular flexibility index (Phi) is 13.9. The molecule has 252 valence electrons. The Morgan fingerprint density at radius 1 is 0.915 bits per heavy atom. The first-order chi connectivity index (χ1) is 21.4. The van der Waals surface area contributed by atoms with Gasteiger partial charge in [0.15, 0.2) is 0 Å². The van der Waals surface area contributed by atoms with Gasteiger partial charge in [0.1, 0.15) is 5.60 Å². The highest BCUT2D eigenvalue weighted by Crippen LogP contribution is 2.40. The van der Waals surface area contributed by atoms with E-state index in [0.717, 1.165) is 13.0 Å². The van der Waals surface area contributed by atoms with Crippen LogP contribution in [0.2, 0.25) is 0 Å². The first-order valence-corrected chi connectivity index (χ1v) is 14.9. The molecule has 10 nitrogen and oxygen atoms in total. The number of rotatable bonds is 12. The normalized spacial score (nSPS) is 14.6. The first kappa shape index (κ1) is 38.7. The van der Waals surface area contributed by atoms with Gasteiger partial charge in [0.2, 0.25) is 0 Å². The molecule has 47 heavy (non-hydrogen) atoms. The molecule has 1 heterocycles. The minimum atomic E-state index is -0.919. The molecule has 0 unspecified atom stereocenters. The number of likely N-dealkylation sites (N-methyl/N-ethyl adjacent to an activating group) is 1. The summed E-state index contributed by atoms with van der Waals surface area (Å²) in [5.41, 5.74) is 3.24. The number of carbonyl (C=O) groups is 2. The van der Waals surface area contributed by atoms with Crippen LogP contribution >= 0.6 is 12.4 Å². The van der Waals surface area contributed by atoms with E-state index in [0.29, 0.717) is 23.5 Å². The quantitative estimate of drug-likeness (QED) is 0.139. The monoisotopic (exact) mass is 665 g/mol. The fourth-order valence-corrected chi connectivity index (χ4v) is 6.11. The first-order valence-electron chi connectivity index (χ1n) is 14.9. The number of hydrogen-bond acceptors (Lipinski definition) is 8. The van der Waals surface area contributed by atoms with Gasteiger partial charge in [-0.25, -0.2) is 9.59 Å². The number of halogens is 1. The summed E-state index contributed by atoms with van der Waals surface area (Å²) in [7, 11) is 3.26. The lowest BCUT2D eigenvalue weighted by Crippen LogP contribution is -2.42. The minimum absolute atomic E-state index is 0. The van der Waals surface area contributed by atoms with Gasteiger partial charge in [-0.15, -0.1) is 12.4 Å². The van der Waals surface area contributed by atoms with Crippen LogP contribution < -0.4 is 5.32 Å². The van der Waals surface area contributed by atoms with Crippen molar-refractivity contribution >= 4 is 30.0 Å². The molecule has 0 aliphatic carbocycles. The lowest BCUT2D eigenvalue weighted by molar-refractivity contribution is -0.384. The van der Waals surface area contributed by atoms with E-state index in [4.69, 9.17) is 9.47 Å². The Bertz CT molecular complexity index is 1570. The average Bonchev–Trinajstić information content (AvgIpc) is 3.01. The molecule has 0 saturated heterocycles. The van der Waals surface area contributed by atoms with E-state index >= 15 is 0 Å². The van der Waals surface area contributed by atoms with E-state index in [-0.39, 0.29) is 40.6 Å². The van der Waals surface area contributed by atoms with Gasteiger partial charge >= 0.3 is 11.9 Å². The summed E-state index contributed by atoms with van der Waals surface area (Å²) >= 11 is 0. The fraction of sp³-hybridized carbons (Fsp3) is 0.333. The molecule has 0 fully saturated rings. The number of nitro groups is 1. The third-order valence-electron chi connectivity index (χ3n) is 8.02. The number of nitrogens with zero attached hydrogens (tertiary/aromatic N) is 2. The van der Waals surface area contributed by atoms with Crippen molar-refractivity contribution < 1.29 is 29.5 Å². The lowest BCUT2D eigenvalue weighted by atomic mass is 9.80. The average molecular weight is 666 g/mol. The zero-order valence-electron chi connectivity index (χ0n) is 27.6. The van der Waals surface area contributed by atoms with E-state index in [9.17, 15) is 19.7 Å². The molecule has 0 amide bonds. The molecule has 0 spiro atoms. The van der Waals surface area contributed by atoms with Gasteiger partial charge < -0.3 is 25.2 Å². The molecule has 1 aliphatic heterocycles. The van der Waals surface area contributed by atoms with Crippen LogP contribution in [0.5, 0.6) is 0 Å². The van der Waals surface area contributed by atoms with Crippen molar-refractivity contribution in [3.05, 3.63) is 134 Å². The Labute approximate surface area is 282 Å². The van der Waals surface area contributed by atoms with Crippen LogP contribution in [0.3, 0.4) is 0 Å². The molecular formula is C36H44ClN3O7. The summed E-state index contributed by atoms with van der Waals surface area (Å²) in [6, 6.07) is 26.8. The molecule has 4 rings (SSSR count). The molecule has 0 bridgehead atoms. The Morgan fingerprint density at radius 2 is 1.45 bits per heavy atom. The number of non-ortho nitro benzene ring substituents is 1. The van der Waals surface area contributed by atoms with E-state index < -0.39 is 28.4 Å². The van der Waals surface area contributed by atoms with Gasteiger partial charge in [-0.1, -0.05) is 72.8 Å². The minimum Gasteiger partial charge on any atom is -0.466 e. The van der Waals surface area contributed by atoms with Crippen molar-refractivity contribution in [3.63, 3.8) is 0 Å². The summed E-state index contributed by atoms with van der Waals surface area (Å²) in [4.78, 5) is 40.2. The molecule has 3 N–H and O–H groups in total. The zero-order valence-corrected chi connectivity index (χ0v) is 28.4. The summed E-state index contributed by atoms with van der Waals surface area (Å²) < 4.78 is 11.2. The fourth-order valence-electron chi connectivity index (χ4n) is 6.11. The number of nitrogens with one attached hydrogen (secondary N) is 1. The van der Waals surface area contributed by atoms with E-state index in [1.807, 2.05) is 33.0 Å². The highest BCUT2D eigenvalue weighted by atomic mass is 35.5. The Hall–Kier alpha value is -4.51. The van der Waals surface area contributed by atoms with Gasteiger partial charge in [0.25, 0.3) is 5.69 Å². The highest BCUT2D eigenvalue weighted by molar-refractivity contribution is 6.00. The molecule has 0 saturated carbocycles. The van der Waals surface area contributed by atoms with Gasteiger partial charge in [0, 0.05) is 36.0 Å². The lowest BCUT2D eigenvalue weighted by Gasteiger charge is -2.34. The molecule has 3 aromatic rings. The van der Waals surface area contributed by atoms with Crippen LogP contribution in [0.15, 0.2) is 107 Å². The number of ether oxygens (including phenoxy) is 2. The van der Waals surface area contributed by atoms with Gasteiger partial charge in [-0.05, 0) is 64.4 Å². The molecule has 3 aromatic carbocycles. The largest absolute Gasteiger partial charge is 0.466 e.